The minimum absolute atomic E-state index is 0.897. The molecule has 0 saturated heterocycles. The number of nitrogens with zero attached hydrogens (tertiary/aromatic N) is 1. The maximum absolute atomic E-state index is 6.41. The fourth-order valence-electron chi connectivity index (χ4n) is 7.46. The minimum atomic E-state index is 0.897. The number of para-hydroxylation sites is 1. The highest BCUT2D eigenvalue weighted by molar-refractivity contribution is 6.13. The van der Waals surface area contributed by atoms with Gasteiger partial charge in [0.2, 0.25) is 0 Å². The molecule has 1 aliphatic heterocycles. The summed E-state index contributed by atoms with van der Waals surface area (Å²) in [6, 6.07) is 59.1. The lowest BCUT2D eigenvalue weighted by Crippen LogP contribution is -1.97. The molecule has 1 aromatic heterocycles. The topological polar surface area (TPSA) is 14.2 Å². The standard InChI is InChI=1S/C44H27NO/c1-2-11-30-27-41-38(25-29(30)10-1)36-18-5-6-20-40(36)45(41)33-15-7-14-31(24-33)34-16-3-4-17-35(34)32-22-23-42-39(26-32)37-19-8-12-28-13-9-21-43(46-42)44(28)37/h1-27H. The summed E-state index contributed by atoms with van der Waals surface area (Å²) in [5, 5.41) is 7.41. The molecule has 0 aliphatic carbocycles. The first-order valence-corrected chi connectivity index (χ1v) is 15.8. The number of rotatable bonds is 3. The molecule has 0 spiro atoms. The Balaban J connectivity index is 1.14. The highest BCUT2D eigenvalue weighted by Crippen LogP contribution is 2.48. The predicted octanol–water partition coefficient (Wildman–Crippen LogP) is 12.2. The number of ether oxygens (including phenoxy) is 1. The highest BCUT2D eigenvalue weighted by Gasteiger charge is 2.21. The monoisotopic (exact) mass is 585 g/mol. The fourth-order valence-corrected chi connectivity index (χ4v) is 7.46. The average molecular weight is 586 g/mol. The second kappa shape index (κ2) is 9.69. The predicted molar refractivity (Wildman–Crippen MR) is 192 cm³/mol. The molecule has 0 radical (unpaired) electrons. The summed E-state index contributed by atoms with van der Waals surface area (Å²) in [6.07, 6.45) is 0. The van der Waals surface area contributed by atoms with Crippen molar-refractivity contribution in [3.8, 4) is 50.6 Å². The van der Waals surface area contributed by atoms with Crippen LogP contribution in [-0.4, -0.2) is 4.57 Å². The van der Waals surface area contributed by atoms with E-state index in [0.717, 1.165) is 22.7 Å². The van der Waals surface area contributed by atoms with Gasteiger partial charge in [0.1, 0.15) is 11.5 Å². The van der Waals surface area contributed by atoms with Crippen LogP contribution in [-0.2, 0) is 0 Å². The SMILES string of the molecule is c1cc(-c2ccccc2-c2ccc3c(c2)-c2cccc4cccc(c24)O3)cc(-n2c3ccccc3c3cc4ccccc4cc32)c1. The summed E-state index contributed by atoms with van der Waals surface area (Å²) >= 11 is 0. The van der Waals surface area contributed by atoms with Crippen LogP contribution < -0.4 is 4.74 Å². The van der Waals surface area contributed by atoms with Crippen LogP contribution in [0.3, 0.4) is 0 Å². The first-order chi connectivity index (χ1) is 22.8. The van der Waals surface area contributed by atoms with Crippen molar-refractivity contribution in [1.82, 2.24) is 4.57 Å². The van der Waals surface area contributed by atoms with Crippen molar-refractivity contribution in [2.45, 2.75) is 0 Å². The van der Waals surface area contributed by atoms with E-state index in [1.807, 2.05) is 0 Å². The Bertz CT molecular complexity index is 2670. The van der Waals surface area contributed by atoms with Crippen LogP contribution >= 0.6 is 0 Å². The van der Waals surface area contributed by atoms with Crippen molar-refractivity contribution in [3.05, 3.63) is 164 Å². The van der Waals surface area contributed by atoms with Crippen LogP contribution in [0.1, 0.15) is 0 Å². The van der Waals surface area contributed by atoms with E-state index in [0.29, 0.717) is 0 Å². The first-order valence-electron chi connectivity index (χ1n) is 15.8. The van der Waals surface area contributed by atoms with Crippen molar-refractivity contribution < 1.29 is 4.74 Å². The third-order valence-electron chi connectivity index (χ3n) is 9.55. The quantitative estimate of drug-likeness (QED) is 0.201. The van der Waals surface area contributed by atoms with Gasteiger partial charge in [-0.05, 0) is 92.5 Å². The highest BCUT2D eigenvalue weighted by atomic mass is 16.5. The Morgan fingerprint density at radius 3 is 1.91 bits per heavy atom. The summed E-state index contributed by atoms with van der Waals surface area (Å²) in [4.78, 5) is 0. The minimum Gasteiger partial charge on any atom is -0.456 e. The lowest BCUT2D eigenvalue weighted by Gasteiger charge is -2.22. The molecule has 0 amide bonds. The number of fused-ring (bicyclic) bond motifs is 6. The lowest BCUT2D eigenvalue weighted by molar-refractivity contribution is 0.487. The van der Waals surface area contributed by atoms with Crippen LogP contribution in [0, 0.1) is 0 Å². The fraction of sp³-hybridized carbons (Fsp3) is 0. The van der Waals surface area contributed by atoms with E-state index < -0.39 is 0 Å². The van der Waals surface area contributed by atoms with E-state index in [1.54, 1.807) is 0 Å². The molecule has 2 heterocycles. The van der Waals surface area contributed by atoms with Crippen molar-refractivity contribution in [2.24, 2.45) is 0 Å². The molecule has 9 aromatic rings. The Labute approximate surface area is 266 Å². The smallest absolute Gasteiger partial charge is 0.135 e. The van der Waals surface area contributed by atoms with Gasteiger partial charge in [0, 0.05) is 27.4 Å². The second-order valence-corrected chi connectivity index (χ2v) is 12.1. The summed E-state index contributed by atoms with van der Waals surface area (Å²) in [7, 11) is 0. The molecule has 46 heavy (non-hydrogen) atoms. The van der Waals surface area contributed by atoms with Gasteiger partial charge in [-0.2, -0.15) is 0 Å². The normalized spacial score (nSPS) is 12.1. The van der Waals surface area contributed by atoms with E-state index in [1.165, 1.54) is 71.2 Å². The van der Waals surface area contributed by atoms with E-state index in [-0.39, 0.29) is 0 Å². The maximum Gasteiger partial charge on any atom is 0.135 e. The summed E-state index contributed by atoms with van der Waals surface area (Å²) < 4.78 is 8.82. The van der Waals surface area contributed by atoms with Gasteiger partial charge in [-0.1, -0.05) is 115 Å². The summed E-state index contributed by atoms with van der Waals surface area (Å²) in [5.74, 6) is 1.82. The molecule has 8 aromatic carbocycles. The molecule has 0 fully saturated rings. The number of aromatic nitrogens is 1. The van der Waals surface area contributed by atoms with Crippen LogP contribution in [0.2, 0.25) is 0 Å². The van der Waals surface area contributed by atoms with Gasteiger partial charge in [-0.3, -0.25) is 0 Å². The van der Waals surface area contributed by atoms with Gasteiger partial charge in [0.15, 0.2) is 0 Å². The van der Waals surface area contributed by atoms with Gasteiger partial charge in [-0.15, -0.1) is 0 Å². The van der Waals surface area contributed by atoms with Gasteiger partial charge < -0.3 is 9.30 Å². The Morgan fingerprint density at radius 2 is 1.04 bits per heavy atom. The van der Waals surface area contributed by atoms with E-state index in [9.17, 15) is 0 Å². The third kappa shape index (κ3) is 3.71. The summed E-state index contributed by atoms with van der Waals surface area (Å²) in [6.45, 7) is 0. The van der Waals surface area contributed by atoms with Crippen molar-refractivity contribution in [3.63, 3.8) is 0 Å². The van der Waals surface area contributed by atoms with Gasteiger partial charge in [0.05, 0.1) is 11.0 Å². The van der Waals surface area contributed by atoms with Crippen LogP contribution in [0.15, 0.2) is 164 Å². The Hall–Kier alpha value is -6.12. The molecule has 1 aliphatic rings. The van der Waals surface area contributed by atoms with Gasteiger partial charge in [0.25, 0.3) is 0 Å². The molecule has 10 rings (SSSR count). The number of hydrogen-bond donors (Lipinski definition) is 0. The van der Waals surface area contributed by atoms with Gasteiger partial charge in [-0.25, -0.2) is 0 Å². The van der Waals surface area contributed by atoms with Gasteiger partial charge >= 0.3 is 0 Å². The molecular weight excluding hydrogens is 558 g/mol. The van der Waals surface area contributed by atoms with Crippen LogP contribution in [0.5, 0.6) is 11.5 Å². The zero-order chi connectivity index (χ0) is 30.2. The molecular formula is C44H27NO. The van der Waals surface area contributed by atoms with Crippen molar-refractivity contribution >= 4 is 43.4 Å². The molecule has 2 heteroatoms. The van der Waals surface area contributed by atoms with Crippen LogP contribution in [0.25, 0.3) is 82.4 Å². The zero-order valence-electron chi connectivity index (χ0n) is 24.9. The van der Waals surface area contributed by atoms with E-state index >= 15 is 0 Å². The molecule has 2 nitrogen and oxygen atoms in total. The molecule has 0 unspecified atom stereocenters. The number of hydrogen-bond acceptors (Lipinski definition) is 1. The Morgan fingerprint density at radius 1 is 0.370 bits per heavy atom. The largest absolute Gasteiger partial charge is 0.456 e. The Kier molecular flexibility index (Phi) is 5.31. The van der Waals surface area contributed by atoms with Crippen molar-refractivity contribution in [1.29, 1.82) is 0 Å². The first kappa shape index (κ1) is 25.2. The van der Waals surface area contributed by atoms with E-state index in [4.69, 9.17) is 4.74 Å². The third-order valence-corrected chi connectivity index (χ3v) is 9.55. The second-order valence-electron chi connectivity index (χ2n) is 12.1. The maximum atomic E-state index is 6.41. The molecule has 214 valence electrons. The number of benzene rings is 8. The lowest BCUT2D eigenvalue weighted by atomic mass is 9.90. The molecule has 0 saturated carbocycles. The molecule has 0 bridgehead atoms. The van der Waals surface area contributed by atoms with Crippen molar-refractivity contribution in [2.75, 3.05) is 0 Å². The van der Waals surface area contributed by atoms with E-state index in [2.05, 4.69) is 168 Å². The van der Waals surface area contributed by atoms with Crippen LogP contribution in [0.4, 0.5) is 0 Å². The molecule has 0 N–H and O–H groups in total. The zero-order valence-corrected chi connectivity index (χ0v) is 24.9. The summed E-state index contributed by atoms with van der Waals surface area (Å²) in [5.41, 5.74) is 10.7. The molecule has 0 atom stereocenters. The average Bonchev–Trinajstić information content (AvgIpc) is 3.44.